The lowest BCUT2D eigenvalue weighted by Crippen LogP contribution is -2.12. The molecule has 0 fully saturated rings. The Labute approximate surface area is 67.2 Å². The van der Waals surface area contributed by atoms with Crippen molar-refractivity contribution in [1.82, 2.24) is 4.98 Å². The molecule has 6 heteroatoms. The molecule has 2 N–H and O–H groups in total. The molecule has 1 amide bonds. The van der Waals surface area contributed by atoms with Crippen LogP contribution in [-0.2, 0) is 0 Å². The third-order valence-corrected chi connectivity index (χ3v) is 1.21. The van der Waals surface area contributed by atoms with Gasteiger partial charge in [0.25, 0.3) is 11.6 Å². The van der Waals surface area contributed by atoms with E-state index in [0.29, 0.717) is 0 Å². The van der Waals surface area contributed by atoms with E-state index < -0.39 is 10.8 Å². The molecular weight excluding hydrogens is 162 g/mol. The van der Waals surface area contributed by atoms with Crippen molar-refractivity contribution in [3.8, 4) is 0 Å². The highest BCUT2D eigenvalue weighted by atomic mass is 16.6. The Balaban J connectivity index is 3.12. The van der Waals surface area contributed by atoms with Gasteiger partial charge in [-0.05, 0) is 0 Å². The Kier molecular flexibility index (Phi) is 2.00. The fourth-order valence-electron chi connectivity index (χ4n) is 0.668. The first-order valence-corrected chi connectivity index (χ1v) is 3.01. The van der Waals surface area contributed by atoms with Crippen molar-refractivity contribution in [2.45, 2.75) is 0 Å². The summed E-state index contributed by atoms with van der Waals surface area (Å²) in [5.74, 6) is -0.779. The molecule has 12 heavy (non-hydrogen) atoms. The average Bonchev–Trinajstić information content (AvgIpc) is 2.04. The second-order valence-electron chi connectivity index (χ2n) is 2.02. The first kappa shape index (κ1) is 8.12. The van der Waals surface area contributed by atoms with Gasteiger partial charge in [0.1, 0.15) is 5.69 Å². The van der Waals surface area contributed by atoms with Crippen LogP contribution in [0.1, 0.15) is 10.5 Å². The van der Waals surface area contributed by atoms with Crippen molar-refractivity contribution in [1.29, 1.82) is 0 Å². The van der Waals surface area contributed by atoms with Crippen molar-refractivity contribution in [2.24, 2.45) is 5.73 Å². The van der Waals surface area contributed by atoms with Crippen LogP contribution in [0.5, 0.6) is 0 Å². The van der Waals surface area contributed by atoms with Crippen LogP contribution in [0.3, 0.4) is 0 Å². The smallest absolute Gasteiger partial charge is 0.273 e. The van der Waals surface area contributed by atoms with Gasteiger partial charge in [-0.1, -0.05) is 0 Å². The molecule has 0 aliphatic rings. The number of carbonyl (C=O) groups excluding carboxylic acids is 1. The molecule has 0 aromatic carbocycles. The third-order valence-electron chi connectivity index (χ3n) is 1.21. The highest BCUT2D eigenvalue weighted by molar-refractivity contribution is 5.91. The normalized spacial score (nSPS) is 9.33. The Morgan fingerprint density at radius 2 is 2.33 bits per heavy atom. The zero-order valence-corrected chi connectivity index (χ0v) is 5.93. The van der Waals surface area contributed by atoms with E-state index in [9.17, 15) is 14.9 Å². The number of hydrogen-bond acceptors (Lipinski definition) is 4. The summed E-state index contributed by atoms with van der Waals surface area (Å²) in [6.45, 7) is 0. The molecule has 0 saturated heterocycles. The molecule has 0 aliphatic carbocycles. The van der Waals surface area contributed by atoms with Crippen LogP contribution in [0.4, 0.5) is 5.69 Å². The summed E-state index contributed by atoms with van der Waals surface area (Å²) >= 11 is 0. The maximum atomic E-state index is 10.5. The van der Waals surface area contributed by atoms with E-state index in [0.717, 1.165) is 12.3 Å². The largest absolute Gasteiger partial charge is 0.364 e. The highest BCUT2D eigenvalue weighted by Gasteiger charge is 2.09. The number of rotatable bonds is 2. The van der Waals surface area contributed by atoms with E-state index >= 15 is 0 Å². The quantitative estimate of drug-likeness (QED) is 0.498. The average molecular weight is 167 g/mol. The summed E-state index contributed by atoms with van der Waals surface area (Å²) in [6, 6.07) is 2.22. The van der Waals surface area contributed by atoms with Gasteiger partial charge in [-0.25, -0.2) is 0 Å². The lowest BCUT2D eigenvalue weighted by Gasteiger charge is -1.92. The number of nitrogens with two attached hydrogens (primary N) is 1. The fourth-order valence-corrected chi connectivity index (χ4v) is 0.668. The van der Waals surface area contributed by atoms with Gasteiger partial charge < -0.3 is 5.73 Å². The van der Waals surface area contributed by atoms with Gasteiger partial charge >= 0.3 is 0 Å². The molecule has 1 aromatic rings. The second kappa shape index (κ2) is 2.95. The van der Waals surface area contributed by atoms with E-state index in [2.05, 4.69) is 4.98 Å². The van der Waals surface area contributed by atoms with E-state index in [-0.39, 0.29) is 11.4 Å². The number of pyridine rings is 1. The van der Waals surface area contributed by atoms with E-state index in [1.165, 1.54) is 6.07 Å². The van der Waals surface area contributed by atoms with Crippen LogP contribution in [0, 0.1) is 10.1 Å². The molecule has 1 rings (SSSR count). The Morgan fingerprint density at radius 3 is 2.83 bits per heavy atom. The molecule has 0 aliphatic heterocycles. The number of primary amides is 1. The van der Waals surface area contributed by atoms with E-state index in [1.807, 2.05) is 0 Å². The lowest BCUT2D eigenvalue weighted by molar-refractivity contribution is -0.385. The van der Waals surface area contributed by atoms with Crippen LogP contribution in [0.25, 0.3) is 0 Å². The molecule has 0 bridgehead atoms. The molecule has 62 valence electrons. The van der Waals surface area contributed by atoms with Crippen molar-refractivity contribution in [3.05, 3.63) is 34.1 Å². The number of nitrogens with zero attached hydrogens (tertiary/aromatic N) is 2. The molecule has 6 nitrogen and oxygen atoms in total. The summed E-state index contributed by atoms with van der Waals surface area (Å²) in [5, 5.41) is 10.2. The van der Waals surface area contributed by atoms with Crippen molar-refractivity contribution >= 4 is 11.6 Å². The zero-order valence-electron chi connectivity index (χ0n) is 5.93. The minimum absolute atomic E-state index is 0.107. The van der Waals surface area contributed by atoms with Crippen LogP contribution in [0.2, 0.25) is 0 Å². The molecule has 0 atom stereocenters. The predicted molar refractivity (Wildman–Crippen MR) is 39.4 cm³/mol. The van der Waals surface area contributed by atoms with Crippen LogP contribution in [-0.4, -0.2) is 15.8 Å². The first-order valence-electron chi connectivity index (χ1n) is 3.01. The minimum atomic E-state index is -0.779. The molecular formula is C6H5N3O3. The van der Waals surface area contributed by atoms with Gasteiger partial charge in [0, 0.05) is 18.3 Å². The summed E-state index contributed by atoms with van der Waals surface area (Å²) in [6.07, 6.45) is 1.16. The maximum absolute atomic E-state index is 10.5. The summed E-state index contributed by atoms with van der Waals surface area (Å²) in [7, 11) is 0. The van der Waals surface area contributed by atoms with Gasteiger partial charge in [0.05, 0.1) is 4.92 Å². The van der Waals surface area contributed by atoms with Gasteiger partial charge in [0.15, 0.2) is 0 Å². The van der Waals surface area contributed by atoms with Gasteiger partial charge in [-0.3, -0.25) is 19.9 Å². The molecule has 1 heterocycles. The van der Waals surface area contributed by atoms with Crippen LogP contribution in [0.15, 0.2) is 18.3 Å². The van der Waals surface area contributed by atoms with E-state index in [1.54, 1.807) is 0 Å². The summed E-state index contributed by atoms with van der Waals surface area (Å²) in [5.41, 5.74) is 4.56. The maximum Gasteiger partial charge on any atom is 0.273 e. The van der Waals surface area contributed by atoms with E-state index in [4.69, 9.17) is 5.73 Å². The SMILES string of the molecule is NC(=O)c1cc([N+](=O)[O-])ccn1. The Hall–Kier alpha value is -1.98. The summed E-state index contributed by atoms with van der Waals surface area (Å²) < 4.78 is 0. The first-order chi connectivity index (χ1) is 5.61. The van der Waals surface area contributed by atoms with Crippen LogP contribution < -0.4 is 5.73 Å². The zero-order chi connectivity index (χ0) is 9.14. The van der Waals surface area contributed by atoms with Crippen molar-refractivity contribution < 1.29 is 9.72 Å². The molecule has 1 aromatic heterocycles. The number of nitro groups is 1. The predicted octanol–water partition coefficient (Wildman–Crippen LogP) is 0.0887. The third kappa shape index (κ3) is 1.54. The lowest BCUT2D eigenvalue weighted by atomic mass is 10.3. The molecule has 0 spiro atoms. The van der Waals surface area contributed by atoms with Gasteiger partial charge in [0.2, 0.25) is 0 Å². The minimum Gasteiger partial charge on any atom is -0.364 e. The number of carbonyl (C=O) groups is 1. The molecule has 0 saturated carbocycles. The highest BCUT2D eigenvalue weighted by Crippen LogP contribution is 2.09. The summed E-state index contributed by atoms with van der Waals surface area (Å²) in [4.78, 5) is 23.6. The molecule has 0 unspecified atom stereocenters. The van der Waals surface area contributed by atoms with Crippen molar-refractivity contribution in [3.63, 3.8) is 0 Å². The second-order valence-corrected chi connectivity index (χ2v) is 2.02. The number of amides is 1. The van der Waals surface area contributed by atoms with Gasteiger partial charge in [-0.2, -0.15) is 0 Å². The fraction of sp³-hybridized carbons (Fsp3) is 0. The Morgan fingerprint density at radius 1 is 1.67 bits per heavy atom. The Bertz CT molecular complexity index is 307. The number of aromatic nitrogens is 1. The van der Waals surface area contributed by atoms with Gasteiger partial charge in [-0.15, -0.1) is 0 Å². The van der Waals surface area contributed by atoms with Crippen molar-refractivity contribution in [2.75, 3.05) is 0 Å². The monoisotopic (exact) mass is 167 g/mol. The molecule has 0 radical (unpaired) electrons. The van der Waals surface area contributed by atoms with Crippen LogP contribution >= 0.6 is 0 Å². The standard InChI is InChI=1S/C6H5N3O3/c7-6(10)5-3-4(9(11)12)1-2-8-5/h1-3H,(H2,7,10). The number of hydrogen-bond donors (Lipinski definition) is 1. The topological polar surface area (TPSA) is 99.1 Å².